The Bertz CT molecular complexity index is 1040. The quantitative estimate of drug-likeness (QED) is 0.429. The van der Waals surface area contributed by atoms with Gasteiger partial charge in [-0.3, -0.25) is 9.69 Å². The van der Waals surface area contributed by atoms with Gasteiger partial charge in [0, 0.05) is 30.4 Å². The average molecular weight is 505 g/mol. The van der Waals surface area contributed by atoms with Crippen LogP contribution in [0.5, 0.6) is 0 Å². The fraction of sp³-hybridized carbons (Fsp3) is 0.458. The minimum absolute atomic E-state index is 0.0641. The number of rotatable bonds is 8. The van der Waals surface area contributed by atoms with Gasteiger partial charge in [-0.05, 0) is 43.0 Å². The summed E-state index contributed by atoms with van der Waals surface area (Å²) in [5.74, 6) is -0.514. The van der Waals surface area contributed by atoms with E-state index < -0.39 is 12.0 Å². The lowest BCUT2D eigenvalue weighted by molar-refractivity contribution is -0.136. The maximum atomic E-state index is 12.8. The van der Waals surface area contributed by atoms with E-state index in [0.29, 0.717) is 22.8 Å². The lowest BCUT2D eigenvalue weighted by Gasteiger charge is -2.36. The number of aliphatic imine (C=N–C) groups is 1. The number of ether oxygens (including phenoxy) is 2. The number of hydrogen-bond acceptors (Lipinski definition) is 8. The molecule has 34 heavy (non-hydrogen) atoms. The van der Waals surface area contributed by atoms with Gasteiger partial charge in [0.05, 0.1) is 44.1 Å². The summed E-state index contributed by atoms with van der Waals surface area (Å²) in [6.07, 6.45) is 1.07. The molecule has 0 radical (unpaired) electrons. The van der Waals surface area contributed by atoms with E-state index in [1.165, 1.54) is 18.9 Å². The first kappa shape index (κ1) is 24.8. The number of benzene rings is 1. The Morgan fingerprint density at radius 2 is 2.12 bits per heavy atom. The highest BCUT2D eigenvalue weighted by molar-refractivity contribution is 8.16. The van der Waals surface area contributed by atoms with Crippen molar-refractivity contribution in [3.63, 3.8) is 0 Å². The van der Waals surface area contributed by atoms with Crippen molar-refractivity contribution in [3.05, 3.63) is 57.2 Å². The van der Waals surface area contributed by atoms with Crippen LogP contribution in [-0.4, -0.2) is 73.3 Å². The number of morpholine rings is 1. The number of amidine groups is 1. The van der Waals surface area contributed by atoms with Crippen LogP contribution in [0.1, 0.15) is 31.4 Å². The predicted molar refractivity (Wildman–Crippen MR) is 133 cm³/mol. The third kappa shape index (κ3) is 5.66. The number of hydrogen-bond donors (Lipinski definition) is 1. The molecule has 1 unspecified atom stereocenters. The number of carbonyl (C=O) groups is 2. The van der Waals surface area contributed by atoms with Crippen LogP contribution >= 0.6 is 23.4 Å². The molecule has 0 bridgehead atoms. The molecule has 10 heteroatoms. The summed E-state index contributed by atoms with van der Waals surface area (Å²) < 4.78 is 10.5. The monoisotopic (exact) mass is 504 g/mol. The van der Waals surface area contributed by atoms with Crippen LogP contribution in [0.25, 0.3) is 0 Å². The largest absolute Gasteiger partial charge is 0.466 e. The molecular weight excluding hydrogens is 476 g/mol. The van der Waals surface area contributed by atoms with Gasteiger partial charge in [-0.25, -0.2) is 9.79 Å². The van der Waals surface area contributed by atoms with Crippen molar-refractivity contribution in [1.82, 2.24) is 15.1 Å². The molecule has 3 heterocycles. The van der Waals surface area contributed by atoms with Crippen molar-refractivity contribution in [1.29, 1.82) is 0 Å². The maximum absolute atomic E-state index is 12.8. The Kier molecular flexibility index (Phi) is 8.31. The van der Waals surface area contributed by atoms with Crippen LogP contribution < -0.4 is 5.32 Å². The third-order valence-corrected chi connectivity index (χ3v) is 7.11. The summed E-state index contributed by atoms with van der Waals surface area (Å²) in [7, 11) is 1.36. The Morgan fingerprint density at radius 3 is 2.85 bits per heavy atom. The van der Waals surface area contributed by atoms with Gasteiger partial charge in [-0.1, -0.05) is 35.5 Å². The Labute approximate surface area is 209 Å². The van der Waals surface area contributed by atoms with E-state index >= 15 is 0 Å². The number of nitrogens with one attached hydrogen (secondary N) is 1. The van der Waals surface area contributed by atoms with Crippen molar-refractivity contribution in [2.45, 2.75) is 25.8 Å². The molecule has 0 aromatic heterocycles. The molecule has 3 aliphatic rings. The summed E-state index contributed by atoms with van der Waals surface area (Å²) in [6, 6.07) is 6.91. The first-order valence-electron chi connectivity index (χ1n) is 11.3. The number of methoxy groups -OCH3 is 1. The second kappa shape index (κ2) is 11.4. The Hall–Kier alpha value is -2.33. The summed E-state index contributed by atoms with van der Waals surface area (Å²) in [5.41, 5.74) is 2.65. The minimum Gasteiger partial charge on any atom is -0.466 e. The Balaban J connectivity index is 1.46. The lowest BCUT2D eigenvalue weighted by Crippen LogP contribution is -2.39. The van der Waals surface area contributed by atoms with Crippen LogP contribution in [0.15, 0.2) is 51.6 Å². The van der Waals surface area contributed by atoms with Crippen molar-refractivity contribution in [2.75, 3.05) is 46.5 Å². The van der Waals surface area contributed by atoms with Gasteiger partial charge in [0.25, 0.3) is 0 Å². The third-order valence-electron chi connectivity index (χ3n) is 5.99. The van der Waals surface area contributed by atoms with Crippen LogP contribution in [-0.2, 0) is 19.1 Å². The fourth-order valence-corrected chi connectivity index (χ4v) is 5.48. The zero-order valence-corrected chi connectivity index (χ0v) is 21.0. The number of halogens is 1. The first-order chi connectivity index (χ1) is 16.5. The number of thioether (sulfide) groups is 1. The smallest absolute Gasteiger partial charge is 0.338 e. The topological polar surface area (TPSA) is 83.5 Å². The number of fused-ring (bicyclic) bond motifs is 1. The predicted octanol–water partition coefficient (Wildman–Crippen LogP) is 3.32. The normalized spacial score (nSPS) is 20.6. The van der Waals surface area contributed by atoms with Crippen molar-refractivity contribution < 1.29 is 19.1 Å². The molecule has 8 nitrogen and oxygen atoms in total. The number of amides is 1. The van der Waals surface area contributed by atoms with Crippen molar-refractivity contribution in [3.8, 4) is 0 Å². The first-order valence-corrected chi connectivity index (χ1v) is 12.6. The highest BCUT2D eigenvalue weighted by atomic mass is 35.5. The molecule has 1 amide bonds. The zero-order chi connectivity index (χ0) is 24.1. The van der Waals surface area contributed by atoms with Crippen LogP contribution in [0.2, 0.25) is 5.02 Å². The standard InChI is InChI=1S/C24H29ClN4O4S/c1-16-21(23(31)32-2)22(17-5-3-6-18(25)13-17)29-19(15-34-24(29)27-16)14-20(30)26-7-4-8-28-9-11-33-12-10-28/h3,5-6,13,15,22H,4,7-12,14H2,1-2H3,(H,26,30). The summed E-state index contributed by atoms with van der Waals surface area (Å²) >= 11 is 7.72. The summed E-state index contributed by atoms with van der Waals surface area (Å²) in [6.45, 7) is 6.77. The van der Waals surface area contributed by atoms with Crippen molar-refractivity contribution >= 4 is 40.4 Å². The van der Waals surface area contributed by atoms with E-state index in [1.54, 1.807) is 13.0 Å². The van der Waals surface area contributed by atoms with E-state index in [-0.39, 0.29) is 12.3 Å². The SMILES string of the molecule is COC(=O)C1=C(C)N=C2SC=C(CC(=O)NCCCN3CCOCC3)N2C1c1cccc(Cl)c1. The summed E-state index contributed by atoms with van der Waals surface area (Å²) in [4.78, 5) is 34.4. The van der Waals surface area contributed by atoms with Gasteiger partial charge in [0.1, 0.15) is 0 Å². The molecule has 4 rings (SSSR count). The van der Waals surface area contributed by atoms with Crippen molar-refractivity contribution in [2.24, 2.45) is 4.99 Å². The molecule has 1 fully saturated rings. The highest BCUT2D eigenvalue weighted by Gasteiger charge is 2.41. The molecule has 3 aliphatic heterocycles. The molecule has 0 aliphatic carbocycles. The molecule has 0 spiro atoms. The number of esters is 1. The van der Waals surface area contributed by atoms with Crippen LogP contribution in [0, 0.1) is 0 Å². The lowest BCUT2D eigenvalue weighted by atomic mass is 9.94. The zero-order valence-electron chi connectivity index (χ0n) is 19.4. The second-order valence-corrected chi connectivity index (χ2v) is 9.55. The van der Waals surface area contributed by atoms with E-state index in [0.717, 1.165) is 55.7 Å². The molecular formula is C24H29ClN4O4S. The Morgan fingerprint density at radius 1 is 1.32 bits per heavy atom. The molecule has 0 saturated carbocycles. The molecule has 1 aromatic rings. The molecule has 1 aromatic carbocycles. The molecule has 1 saturated heterocycles. The van der Waals surface area contributed by atoms with Gasteiger partial charge < -0.3 is 19.7 Å². The van der Waals surface area contributed by atoms with E-state index in [2.05, 4.69) is 15.2 Å². The molecule has 182 valence electrons. The fourth-order valence-electron chi connectivity index (χ4n) is 4.32. The average Bonchev–Trinajstić information content (AvgIpc) is 3.22. The summed E-state index contributed by atoms with van der Waals surface area (Å²) in [5, 5.41) is 6.25. The second-order valence-electron chi connectivity index (χ2n) is 8.27. The molecule has 1 N–H and O–H groups in total. The van der Waals surface area contributed by atoms with Gasteiger partial charge in [0.15, 0.2) is 5.17 Å². The number of allylic oxidation sites excluding steroid dienone is 1. The van der Waals surface area contributed by atoms with Gasteiger partial charge in [-0.2, -0.15) is 0 Å². The van der Waals surface area contributed by atoms with Gasteiger partial charge >= 0.3 is 5.97 Å². The number of nitrogens with zero attached hydrogens (tertiary/aromatic N) is 3. The van der Waals surface area contributed by atoms with Gasteiger partial charge in [-0.15, -0.1) is 0 Å². The van der Waals surface area contributed by atoms with Gasteiger partial charge in [0.2, 0.25) is 5.91 Å². The maximum Gasteiger partial charge on any atom is 0.338 e. The van der Waals surface area contributed by atoms with E-state index in [9.17, 15) is 9.59 Å². The molecule has 1 atom stereocenters. The minimum atomic E-state index is -0.478. The highest BCUT2D eigenvalue weighted by Crippen LogP contribution is 2.45. The van der Waals surface area contributed by atoms with Crippen LogP contribution in [0.4, 0.5) is 0 Å². The van der Waals surface area contributed by atoms with E-state index in [4.69, 9.17) is 21.1 Å². The van der Waals surface area contributed by atoms with E-state index in [1.807, 2.05) is 28.5 Å². The van der Waals surface area contributed by atoms with Crippen LogP contribution in [0.3, 0.4) is 0 Å². The number of carbonyl (C=O) groups excluding carboxylic acids is 2.